The zero-order chi connectivity index (χ0) is 23.5. The van der Waals surface area contributed by atoms with Crippen LogP contribution in [0.5, 0.6) is 17.4 Å². The fraction of sp³-hybridized carbons (Fsp3) is 0.240. The van der Waals surface area contributed by atoms with Crippen molar-refractivity contribution in [2.45, 2.75) is 33.5 Å². The quantitative estimate of drug-likeness (QED) is 0.282. The van der Waals surface area contributed by atoms with Gasteiger partial charge in [0.15, 0.2) is 5.78 Å². The predicted octanol–water partition coefficient (Wildman–Crippen LogP) is 5.78. The molecule has 1 N–H and O–H groups in total. The second-order valence-corrected chi connectivity index (χ2v) is 7.80. The fourth-order valence-electron chi connectivity index (χ4n) is 3.54. The highest BCUT2D eigenvalue weighted by Gasteiger charge is 2.19. The molecule has 0 radical (unpaired) electrons. The molecule has 0 saturated carbocycles. The average molecular weight is 448 g/mol. The van der Waals surface area contributed by atoms with Crippen molar-refractivity contribution in [2.75, 3.05) is 7.11 Å². The summed E-state index contributed by atoms with van der Waals surface area (Å²) in [7, 11) is 1.56. The Morgan fingerprint density at radius 1 is 1.03 bits per heavy atom. The van der Waals surface area contributed by atoms with Gasteiger partial charge >= 0.3 is 6.16 Å². The Bertz CT molecular complexity index is 1320. The van der Waals surface area contributed by atoms with E-state index in [4.69, 9.17) is 18.9 Å². The maximum atomic E-state index is 12.1. The molecule has 8 heteroatoms. The van der Waals surface area contributed by atoms with E-state index in [1.54, 1.807) is 51.4 Å². The number of benzene rings is 2. The van der Waals surface area contributed by atoms with Crippen molar-refractivity contribution in [3.8, 4) is 17.4 Å². The molecule has 0 spiro atoms. The van der Waals surface area contributed by atoms with Crippen LogP contribution in [0.25, 0.3) is 21.8 Å². The molecule has 0 atom stereocenters. The number of H-pyrrole nitrogens is 1. The maximum absolute atomic E-state index is 12.1. The van der Waals surface area contributed by atoms with Gasteiger partial charge in [0.25, 0.3) is 0 Å². The van der Waals surface area contributed by atoms with Gasteiger partial charge in [0.05, 0.1) is 30.0 Å². The maximum Gasteiger partial charge on any atom is 0.515 e. The van der Waals surface area contributed by atoms with Crippen LogP contribution < -0.4 is 9.47 Å². The van der Waals surface area contributed by atoms with Gasteiger partial charge in [-0.15, -0.1) is 0 Å². The molecule has 4 aromatic rings. The van der Waals surface area contributed by atoms with Gasteiger partial charge in [0, 0.05) is 29.0 Å². The second kappa shape index (κ2) is 9.30. The zero-order valence-corrected chi connectivity index (χ0v) is 18.8. The van der Waals surface area contributed by atoms with Crippen molar-refractivity contribution in [3.63, 3.8) is 0 Å². The van der Waals surface area contributed by atoms with E-state index in [1.165, 1.54) is 6.92 Å². The van der Waals surface area contributed by atoms with Gasteiger partial charge in [0.2, 0.25) is 5.88 Å². The van der Waals surface area contributed by atoms with Crippen molar-refractivity contribution in [1.29, 1.82) is 0 Å². The molecule has 4 rings (SSSR count). The average Bonchev–Trinajstić information content (AvgIpc) is 3.13. The number of carbonyl (C=O) groups excluding carboxylic acids is 2. The van der Waals surface area contributed by atoms with Crippen LogP contribution in [-0.4, -0.2) is 35.1 Å². The standard InChI is InChI=1S/C25H24N2O6/c1-14(2)31-25(29)33-24-20(13-30-4)23-19-11-18(9-10-21(19)27-22(23)12-26-24)32-17-7-5-16(6-8-17)15(3)28/h5-12,14,27H,13H2,1-4H3. The van der Waals surface area contributed by atoms with Crippen LogP contribution in [0.15, 0.2) is 48.7 Å². The number of nitrogens with zero attached hydrogens (tertiary/aromatic N) is 1. The SMILES string of the molecule is COCc1c(OC(=O)OC(C)C)ncc2[nH]c3ccc(Oc4ccc(C(C)=O)cc4)cc3c12. The van der Waals surface area contributed by atoms with Crippen LogP contribution in [0, 0.1) is 0 Å². The van der Waals surface area contributed by atoms with Gasteiger partial charge in [-0.1, -0.05) is 0 Å². The minimum atomic E-state index is -0.827. The van der Waals surface area contributed by atoms with Crippen LogP contribution in [0.1, 0.15) is 36.7 Å². The van der Waals surface area contributed by atoms with Gasteiger partial charge in [-0.25, -0.2) is 9.78 Å². The molecule has 0 fully saturated rings. The molecule has 2 heterocycles. The molecule has 0 amide bonds. The minimum Gasteiger partial charge on any atom is -0.457 e. The van der Waals surface area contributed by atoms with Crippen molar-refractivity contribution in [2.24, 2.45) is 0 Å². The molecule has 170 valence electrons. The lowest BCUT2D eigenvalue weighted by Gasteiger charge is -2.12. The number of aromatic amines is 1. The van der Waals surface area contributed by atoms with Gasteiger partial charge in [0.1, 0.15) is 11.5 Å². The van der Waals surface area contributed by atoms with Crippen molar-refractivity contribution >= 4 is 33.7 Å². The lowest BCUT2D eigenvalue weighted by atomic mass is 10.1. The third-order valence-electron chi connectivity index (χ3n) is 4.97. The fourth-order valence-corrected chi connectivity index (χ4v) is 3.54. The summed E-state index contributed by atoms with van der Waals surface area (Å²) in [4.78, 5) is 31.2. The summed E-state index contributed by atoms with van der Waals surface area (Å²) in [6.45, 7) is 5.18. The smallest absolute Gasteiger partial charge is 0.457 e. The van der Waals surface area contributed by atoms with Gasteiger partial charge in [-0.2, -0.15) is 0 Å². The number of fused-ring (bicyclic) bond motifs is 3. The summed E-state index contributed by atoms with van der Waals surface area (Å²) in [5.41, 5.74) is 2.87. The summed E-state index contributed by atoms with van der Waals surface area (Å²) < 4.78 is 21.8. The Hall–Kier alpha value is -3.91. The van der Waals surface area contributed by atoms with E-state index < -0.39 is 6.16 Å². The number of carbonyl (C=O) groups is 2. The molecular weight excluding hydrogens is 424 g/mol. The number of rotatable bonds is 7. The van der Waals surface area contributed by atoms with Crippen LogP contribution in [0.4, 0.5) is 4.79 Å². The first-order valence-corrected chi connectivity index (χ1v) is 10.4. The summed E-state index contributed by atoms with van der Waals surface area (Å²) in [5, 5.41) is 1.67. The first-order valence-electron chi connectivity index (χ1n) is 10.4. The van der Waals surface area contributed by atoms with Crippen LogP contribution in [0.3, 0.4) is 0 Å². The molecule has 0 aliphatic rings. The van der Waals surface area contributed by atoms with E-state index in [9.17, 15) is 9.59 Å². The summed E-state index contributed by atoms with van der Waals surface area (Å²) >= 11 is 0. The van der Waals surface area contributed by atoms with Crippen molar-refractivity contribution in [3.05, 3.63) is 59.8 Å². The highest BCUT2D eigenvalue weighted by Crippen LogP contribution is 2.36. The predicted molar refractivity (Wildman–Crippen MR) is 123 cm³/mol. The number of pyridine rings is 1. The first kappa shape index (κ1) is 22.3. The van der Waals surface area contributed by atoms with Gasteiger partial charge in [-0.3, -0.25) is 4.79 Å². The zero-order valence-electron chi connectivity index (χ0n) is 18.8. The number of methoxy groups -OCH3 is 1. The summed E-state index contributed by atoms with van der Waals surface area (Å²) in [6, 6.07) is 12.6. The van der Waals surface area contributed by atoms with Gasteiger partial charge < -0.3 is 23.9 Å². The lowest BCUT2D eigenvalue weighted by molar-refractivity contribution is 0.0705. The Kier molecular flexibility index (Phi) is 6.28. The number of nitrogens with one attached hydrogen (secondary N) is 1. The highest BCUT2D eigenvalue weighted by atomic mass is 16.7. The van der Waals surface area contributed by atoms with E-state index in [-0.39, 0.29) is 24.4 Å². The third kappa shape index (κ3) is 4.80. The second-order valence-electron chi connectivity index (χ2n) is 7.80. The normalized spacial score (nSPS) is 11.2. The lowest BCUT2D eigenvalue weighted by Crippen LogP contribution is -2.17. The van der Waals surface area contributed by atoms with E-state index in [2.05, 4.69) is 9.97 Å². The number of ketones is 1. The number of hydrogen-bond donors (Lipinski definition) is 1. The van der Waals surface area contributed by atoms with Gasteiger partial charge in [-0.05, 0) is 63.2 Å². The highest BCUT2D eigenvalue weighted by molar-refractivity contribution is 6.09. The van der Waals surface area contributed by atoms with Crippen LogP contribution >= 0.6 is 0 Å². The number of ether oxygens (including phenoxy) is 4. The topological polar surface area (TPSA) is 99.7 Å². The van der Waals surface area contributed by atoms with E-state index >= 15 is 0 Å². The Labute approximate surface area is 190 Å². The molecule has 0 saturated heterocycles. The molecule has 0 aliphatic heterocycles. The molecule has 2 aromatic carbocycles. The molecule has 2 aromatic heterocycles. The van der Waals surface area contributed by atoms with Crippen LogP contribution in [-0.2, 0) is 16.1 Å². The van der Waals surface area contributed by atoms with E-state index in [1.807, 2.05) is 18.2 Å². The summed E-state index contributed by atoms with van der Waals surface area (Å²) in [6.07, 6.45) is 0.463. The third-order valence-corrected chi connectivity index (χ3v) is 4.97. The number of aromatic nitrogens is 2. The molecule has 0 unspecified atom stereocenters. The Morgan fingerprint density at radius 2 is 1.76 bits per heavy atom. The molecule has 8 nitrogen and oxygen atoms in total. The largest absolute Gasteiger partial charge is 0.515 e. The minimum absolute atomic E-state index is 0.00339. The monoisotopic (exact) mass is 448 g/mol. The molecular formula is C25H24N2O6. The van der Waals surface area contributed by atoms with E-state index in [0.717, 1.165) is 21.8 Å². The number of hydrogen-bond acceptors (Lipinski definition) is 7. The number of Topliss-reactive ketones (excluding diaryl/α,β-unsaturated/α-hetero) is 1. The molecule has 0 bridgehead atoms. The molecule has 0 aliphatic carbocycles. The van der Waals surface area contributed by atoms with Crippen molar-refractivity contribution in [1.82, 2.24) is 9.97 Å². The Balaban J connectivity index is 1.74. The van der Waals surface area contributed by atoms with Crippen LogP contribution in [0.2, 0.25) is 0 Å². The first-order chi connectivity index (χ1) is 15.9. The molecule has 33 heavy (non-hydrogen) atoms. The Morgan fingerprint density at radius 3 is 2.42 bits per heavy atom. The summed E-state index contributed by atoms with van der Waals surface area (Å²) in [5.74, 6) is 1.35. The van der Waals surface area contributed by atoms with Crippen molar-refractivity contribution < 1.29 is 28.5 Å². The van der Waals surface area contributed by atoms with E-state index in [0.29, 0.717) is 22.6 Å².